The summed E-state index contributed by atoms with van der Waals surface area (Å²) in [6, 6.07) is 25.9. The Bertz CT molecular complexity index is 2230. The standard InChI is InChI=1S/C24H26N2O4.C22H22N2O4.2ClH/c1-2-25-13-16-6-8-17(9-7-16)15-30-23-5-3-4-19-20(23)14-26(24(19)29)21-11-10-18(27)12-22(21)28;23-11-14-4-6-15(7-5-14)13-28-21-3-1-2-17-18(21)12-24(22(17)27)19-9-8-16(25)10-20(19)26;;/h3-9,21,25H,2,10-15H2,1H3;1-7,19H,8-13,23H2;2*1H. The molecular weight excluding hydrogens is 807 g/mol. The van der Waals surface area contributed by atoms with Crippen LogP contribution in [-0.4, -0.2) is 63.4 Å². The van der Waals surface area contributed by atoms with Crippen molar-refractivity contribution in [1.82, 2.24) is 15.1 Å². The average molecular weight is 858 g/mol. The van der Waals surface area contributed by atoms with E-state index in [1.54, 1.807) is 34.1 Å². The third-order valence-electron chi connectivity index (χ3n) is 11.2. The lowest BCUT2D eigenvalue weighted by Gasteiger charge is -2.29. The van der Waals surface area contributed by atoms with Gasteiger partial charge in [-0.25, -0.2) is 0 Å². The van der Waals surface area contributed by atoms with Crippen LogP contribution in [0.5, 0.6) is 11.5 Å². The quantitative estimate of drug-likeness (QED) is 0.156. The minimum absolute atomic E-state index is 0. The van der Waals surface area contributed by atoms with Crippen molar-refractivity contribution in [2.45, 2.75) is 96.9 Å². The van der Waals surface area contributed by atoms with Gasteiger partial charge in [0.1, 0.15) is 36.3 Å². The molecule has 0 radical (unpaired) electrons. The maximum Gasteiger partial charge on any atom is 0.255 e. The van der Waals surface area contributed by atoms with Gasteiger partial charge in [-0.1, -0.05) is 67.6 Å². The molecule has 0 bridgehead atoms. The topological polar surface area (TPSA) is 165 Å². The first kappa shape index (κ1) is 45.7. The highest BCUT2D eigenvalue weighted by Gasteiger charge is 2.41. The molecule has 2 atom stereocenters. The number of ketones is 4. The molecule has 2 saturated carbocycles. The third-order valence-corrected chi connectivity index (χ3v) is 11.2. The summed E-state index contributed by atoms with van der Waals surface area (Å²) in [7, 11) is 0. The van der Waals surface area contributed by atoms with Crippen LogP contribution in [0.15, 0.2) is 84.9 Å². The fourth-order valence-corrected chi connectivity index (χ4v) is 7.92. The number of nitrogens with two attached hydrogens (primary N) is 1. The fourth-order valence-electron chi connectivity index (χ4n) is 7.92. The molecule has 2 heterocycles. The van der Waals surface area contributed by atoms with Gasteiger partial charge >= 0.3 is 0 Å². The van der Waals surface area contributed by atoms with Crippen molar-refractivity contribution in [3.63, 3.8) is 0 Å². The van der Waals surface area contributed by atoms with E-state index in [-0.39, 0.29) is 72.6 Å². The second-order valence-electron chi connectivity index (χ2n) is 15.1. The van der Waals surface area contributed by atoms with Crippen molar-refractivity contribution < 1.29 is 38.2 Å². The van der Waals surface area contributed by atoms with Gasteiger partial charge in [-0.05, 0) is 65.9 Å². The molecule has 12 nitrogen and oxygen atoms in total. The van der Waals surface area contributed by atoms with Gasteiger partial charge in [-0.3, -0.25) is 28.8 Å². The molecule has 60 heavy (non-hydrogen) atoms. The van der Waals surface area contributed by atoms with Gasteiger partial charge in [0.15, 0.2) is 11.6 Å². The van der Waals surface area contributed by atoms with Gasteiger partial charge < -0.3 is 30.3 Å². The maximum absolute atomic E-state index is 12.9. The van der Waals surface area contributed by atoms with Crippen LogP contribution in [0.25, 0.3) is 0 Å². The third kappa shape index (κ3) is 10.3. The summed E-state index contributed by atoms with van der Waals surface area (Å²) < 4.78 is 12.0. The molecular formula is C46H50Cl2N4O8. The summed E-state index contributed by atoms with van der Waals surface area (Å²) in [5.41, 5.74) is 12.7. The molecule has 8 rings (SSSR count). The maximum atomic E-state index is 12.9. The summed E-state index contributed by atoms with van der Waals surface area (Å²) >= 11 is 0. The van der Waals surface area contributed by atoms with Gasteiger partial charge in [0.2, 0.25) is 0 Å². The normalized spacial score (nSPS) is 18.2. The molecule has 4 aromatic carbocycles. The van der Waals surface area contributed by atoms with Crippen LogP contribution in [0.1, 0.15) is 99.5 Å². The number of nitrogens with one attached hydrogen (secondary N) is 1. The van der Waals surface area contributed by atoms with E-state index in [2.05, 4.69) is 24.4 Å². The van der Waals surface area contributed by atoms with Crippen molar-refractivity contribution in [3.8, 4) is 11.5 Å². The van der Waals surface area contributed by atoms with E-state index >= 15 is 0 Å². The number of carbonyl (C=O) groups excluding carboxylic acids is 6. The number of benzene rings is 4. The van der Waals surface area contributed by atoms with E-state index < -0.39 is 12.1 Å². The first-order chi connectivity index (χ1) is 28.1. The van der Waals surface area contributed by atoms with Crippen LogP contribution in [0.3, 0.4) is 0 Å². The predicted octanol–water partition coefficient (Wildman–Crippen LogP) is 6.24. The molecule has 0 spiro atoms. The molecule has 4 aliphatic rings. The van der Waals surface area contributed by atoms with E-state index in [4.69, 9.17) is 15.2 Å². The van der Waals surface area contributed by atoms with E-state index in [0.717, 1.165) is 40.9 Å². The summed E-state index contributed by atoms with van der Waals surface area (Å²) in [6.45, 7) is 5.82. The minimum atomic E-state index is -0.519. The Morgan fingerprint density at radius 3 is 1.42 bits per heavy atom. The Morgan fingerprint density at radius 2 is 1.02 bits per heavy atom. The largest absolute Gasteiger partial charge is 0.489 e. The van der Waals surface area contributed by atoms with Crippen molar-refractivity contribution in [1.29, 1.82) is 0 Å². The number of halogens is 2. The number of fused-ring (bicyclic) bond motifs is 2. The summed E-state index contributed by atoms with van der Waals surface area (Å²) in [4.78, 5) is 76.6. The van der Waals surface area contributed by atoms with E-state index in [9.17, 15) is 28.8 Å². The zero-order valence-corrected chi connectivity index (χ0v) is 35.1. The number of hydrogen-bond donors (Lipinski definition) is 2. The molecule has 4 aromatic rings. The van der Waals surface area contributed by atoms with Crippen LogP contribution < -0.4 is 20.5 Å². The lowest BCUT2D eigenvalue weighted by molar-refractivity contribution is -0.134. The van der Waals surface area contributed by atoms with Gasteiger partial charge in [0.05, 0.1) is 38.0 Å². The van der Waals surface area contributed by atoms with Crippen molar-refractivity contribution >= 4 is 59.8 Å². The number of hydrogen-bond acceptors (Lipinski definition) is 10. The zero-order chi connectivity index (χ0) is 40.8. The monoisotopic (exact) mass is 856 g/mol. The number of rotatable bonds is 12. The number of Topliss-reactive ketones (excluding diaryl/α,β-unsaturated/α-hetero) is 4. The Morgan fingerprint density at radius 1 is 0.600 bits per heavy atom. The van der Waals surface area contributed by atoms with E-state index in [1.807, 2.05) is 48.5 Å². The molecule has 14 heteroatoms. The van der Waals surface area contributed by atoms with Crippen LogP contribution in [0.4, 0.5) is 0 Å². The number of carbonyl (C=O) groups is 6. The number of nitrogens with zero attached hydrogens (tertiary/aromatic N) is 2. The van der Waals surface area contributed by atoms with Gasteiger partial charge in [0, 0.05) is 48.2 Å². The Labute approximate surface area is 362 Å². The highest BCUT2D eigenvalue weighted by Crippen LogP contribution is 2.36. The summed E-state index contributed by atoms with van der Waals surface area (Å²) in [6.07, 6.45) is 1.36. The fraction of sp³-hybridized carbons (Fsp3) is 0.348. The Kier molecular flexibility index (Phi) is 15.8. The van der Waals surface area contributed by atoms with Crippen LogP contribution >= 0.6 is 24.8 Å². The summed E-state index contributed by atoms with van der Waals surface area (Å²) in [5.74, 6) is 0.578. The predicted molar refractivity (Wildman–Crippen MR) is 229 cm³/mol. The SMILES string of the molecule is CCNCc1ccc(COc2cccc3c2CN(C2CCC(=O)CC2=O)C3=O)cc1.Cl.Cl.NCc1ccc(COc2cccc3c2CN(C2CCC(=O)CC2=O)C3=O)cc1. The van der Waals surface area contributed by atoms with Crippen molar-refractivity contribution in [3.05, 3.63) is 129 Å². The first-order valence-corrected chi connectivity index (χ1v) is 19.9. The van der Waals surface area contributed by atoms with Crippen molar-refractivity contribution in [2.24, 2.45) is 5.73 Å². The lowest BCUT2D eigenvalue weighted by Crippen LogP contribution is -2.44. The first-order valence-electron chi connectivity index (χ1n) is 19.9. The molecule has 0 saturated heterocycles. The van der Waals surface area contributed by atoms with Gasteiger partial charge in [-0.2, -0.15) is 0 Å². The molecule has 2 aliphatic carbocycles. The van der Waals surface area contributed by atoms with Crippen LogP contribution in [-0.2, 0) is 58.6 Å². The van der Waals surface area contributed by atoms with Crippen LogP contribution in [0, 0.1) is 0 Å². The highest BCUT2D eigenvalue weighted by atomic mass is 35.5. The van der Waals surface area contributed by atoms with Crippen LogP contribution in [0.2, 0.25) is 0 Å². The van der Waals surface area contributed by atoms with Crippen molar-refractivity contribution in [2.75, 3.05) is 6.54 Å². The lowest BCUT2D eigenvalue weighted by atomic mass is 9.92. The molecule has 2 fully saturated rings. The Hall–Kier alpha value is -5.40. The number of ether oxygens (including phenoxy) is 2. The molecule has 0 aromatic heterocycles. The number of amides is 2. The second-order valence-corrected chi connectivity index (χ2v) is 15.1. The molecule has 2 unspecified atom stereocenters. The van der Waals surface area contributed by atoms with Gasteiger partial charge in [0.25, 0.3) is 11.8 Å². The Balaban J connectivity index is 0.000000221. The molecule has 2 aliphatic heterocycles. The molecule has 316 valence electrons. The minimum Gasteiger partial charge on any atom is -0.489 e. The molecule has 2 amide bonds. The zero-order valence-electron chi connectivity index (χ0n) is 33.5. The van der Waals surface area contributed by atoms with Gasteiger partial charge in [-0.15, -0.1) is 24.8 Å². The van der Waals surface area contributed by atoms with E-state index in [0.29, 0.717) is 81.2 Å². The highest BCUT2D eigenvalue weighted by molar-refractivity contribution is 6.08. The van der Waals surface area contributed by atoms with E-state index in [1.165, 1.54) is 5.56 Å². The second kappa shape index (κ2) is 20.7. The average Bonchev–Trinajstić information content (AvgIpc) is 3.75. The molecule has 3 N–H and O–H groups in total. The smallest absolute Gasteiger partial charge is 0.255 e. The summed E-state index contributed by atoms with van der Waals surface area (Å²) in [5, 5.41) is 3.30.